The first-order valence-electron chi connectivity index (χ1n) is 10.4. The van der Waals surface area contributed by atoms with Crippen molar-refractivity contribution in [2.75, 3.05) is 0 Å². The molecule has 0 bridgehead atoms. The first-order valence-corrected chi connectivity index (χ1v) is 10.4. The van der Waals surface area contributed by atoms with Crippen LogP contribution >= 0.6 is 0 Å². The molecule has 2 aliphatic rings. The summed E-state index contributed by atoms with van der Waals surface area (Å²) < 4.78 is 41.8. The molecule has 0 radical (unpaired) electrons. The molecule has 27 heavy (non-hydrogen) atoms. The summed E-state index contributed by atoms with van der Waals surface area (Å²) in [7, 11) is 0. The maximum Gasteiger partial charge on any atom is 0.159 e. The monoisotopic (exact) mass is 372 g/mol. The van der Waals surface area contributed by atoms with Gasteiger partial charge in [0.15, 0.2) is 11.6 Å². The Balaban J connectivity index is 1.71. The lowest BCUT2D eigenvalue weighted by Crippen LogP contribution is -2.38. The first kappa shape index (κ1) is 18.6. The fourth-order valence-corrected chi connectivity index (χ4v) is 5.49. The zero-order chi connectivity index (χ0) is 18.9. The van der Waals surface area contributed by atoms with E-state index in [1.165, 1.54) is 57.4 Å². The second kappa shape index (κ2) is 7.69. The van der Waals surface area contributed by atoms with Gasteiger partial charge in [-0.25, -0.2) is 13.2 Å². The Morgan fingerprint density at radius 3 is 2.04 bits per heavy atom. The zero-order valence-electron chi connectivity index (χ0n) is 15.7. The summed E-state index contributed by atoms with van der Waals surface area (Å²) in [6.07, 6.45) is 12.3. The lowest BCUT2D eigenvalue weighted by Gasteiger charge is -2.46. The molecular weight excluding hydrogens is 345 g/mol. The summed E-state index contributed by atoms with van der Waals surface area (Å²) in [4.78, 5) is 0. The van der Waals surface area contributed by atoms with Gasteiger partial charge >= 0.3 is 0 Å². The van der Waals surface area contributed by atoms with Crippen molar-refractivity contribution in [1.29, 1.82) is 0 Å². The fraction of sp³-hybridized carbons (Fsp3) is 0.500. The van der Waals surface area contributed by atoms with Gasteiger partial charge in [0, 0.05) is 5.56 Å². The normalized spacial score (nSPS) is 20.6. The average molecular weight is 372 g/mol. The third kappa shape index (κ3) is 3.53. The van der Waals surface area contributed by atoms with Crippen LogP contribution in [-0.4, -0.2) is 0 Å². The van der Waals surface area contributed by atoms with Crippen molar-refractivity contribution >= 4 is 0 Å². The molecule has 144 valence electrons. The predicted molar refractivity (Wildman–Crippen MR) is 103 cm³/mol. The molecule has 0 atom stereocenters. The van der Waals surface area contributed by atoms with Gasteiger partial charge in [0.25, 0.3) is 0 Å². The van der Waals surface area contributed by atoms with Crippen molar-refractivity contribution in [3.63, 3.8) is 0 Å². The fourth-order valence-electron chi connectivity index (χ4n) is 5.49. The van der Waals surface area contributed by atoms with Gasteiger partial charge in [0.05, 0.1) is 0 Å². The Hall–Kier alpha value is -1.77. The molecule has 2 aromatic rings. The number of hydrogen-bond acceptors (Lipinski definition) is 0. The van der Waals surface area contributed by atoms with E-state index in [0.29, 0.717) is 17.0 Å². The van der Waals surface area contributed by atoms with E-state index >= 15 is 4.39 Å². The highest BCUT2D eigenvalue weighted by Gasteiger charge is 2.41. The molecule has 0 spiro atoms. The molecule has 0 nitrogen and oxygen atoms in total. The summed E-state index contributed by atoms with van der Waals surface area (Å²) >= 11 is 0. The molecule has 0 aliphatic heterocycles. The molecule has 2 aromatic carbocycles. The molecule has 3 heteroatoms. The first-order chi connectivity index (χ1) is 13.1. The Morgan fingerprint density at radius 1 is 0.667 bits per heavy atom. The maximum absolute atomic E-state index is 15.0. The smallest absolute Gasteiger partial charge is 0.159 e. The number of rotatable bonds is 3. The van der Waals surface area contributed by atoms with Crippen molar-refractivity contribution in [2.24, 2.45) is 5.92 Å². The third-order valence-electron chi connectivity index (χ3n) is 6.91. The van der Waals surface area contributed by atoms with Crippen molar-refractivity contribution in [3.8, 4) is 11.1 Å². The lowest BCUT2D eigenvalue weighted by molar-refractivity contribution is 0.148. The highest BCUT2D eigenvalue weighted by atomic mass is 19.2. The molecule has 0 heterocycles. The summed E-state index contributed by atoms with van der Waals surface area (Å²) in [5.41, 5.74) is 1.92. The molecule has 2 aliphatic carbocycles. The van der Waals surface area contributed by atoms with Crippen molar-refractivity contribution in [1.82, 2.24) is 0 Å². The molecule has 0 aromatic heterocycles. The average Bonchev–Trinajstić information content (AvgIpc) is 2.71. The SMILES string of the molecule is Fc1ccc(-c2ccc(C3(C4CCCCC4)CCCCC3)cc2F)cc1F. The van der Waals surface area contributed by atoms with Gasteiger partial charge in [0.2, 0.25) is 0 Å². The van der Waals surface area contributed by atoms with Gasteiger partial charge < -0.3 is 0 Å². The quantitative estimate of drug-likeness (QED) is 0.522. The van der Waals surface area contributed by atoms with Crippen molar-refractivity contribution in [3.05, 3.63) is 59.4 Å². The minimum atomic E-state index is -0.943. The highest BCUT2D eigenvalue weighted by molar-refractivity contribution is 5.65. The predicted octanol–water partition coefficient (Wildman–Crippen LogP) is 7.55. The minimum absolute atomic E-state index is 0.0894. The number of benzene rings is 2. The minimum Gasteiger partial charge on any atom is -0.206 e. The molecule has 0 unspecified atom stereocenters. The van der Waals surface area contributed by atoms with Gasteiger partial charge in [-0.3, -0.25) is 0 Å². The lowest BCUT2D eigenvalue weighted by atomic mass is 9.58. The molecule has 2 fully saturated rings. The summed E-state index contributed by atoms with van der Waals surface area (Å²) in [6.45, 7) is 0. The summed E-state index contributed by atoms with van der Waals surface area (Å²) in [5, 5.41) is 0. The van der Waals surface area contributed by atoms with E-state index in [-0.39, 0.29) is 11.2 Å². The third-order valence-corrected chi connectivity index (χ3v) is 6.91. The van der Waals surface area contributed by atoms with Gasteiger partial charge in [-0.05, 0) is 66.3 Å². The van der Waals surface area contributed by atoms with E-state index in [9.17, 15) is 8.78 Å². The Kier molecular flexibility index (Phi) is 5.29. The van der Waals surface area contributed by atoms with Gasteiger partial charge in [0.1, 0.15) is 5.82 Å². The molecule has 2 saturated carbocycles. The van der Waals surface area contributed by atoms with Crippen LogP contribution in [0.1, 0.15) is 69.8 Å². The summed E-state index contributed by atoms with van der Waals surface area (Å²) in [5.74, 6) is -1.55. The van der Waals surface area contributed by atoms with Gasteiger partial charge in [-0.1, -0.05) is 56.7 Å². The topological polar surface area (TPSA) is 0 Å². The molecule has 0 amide bonds. The van der Waals surface area contributed by atoms with Crippen LogP contribution in [0, 0.1) is 23.4 Å². The Labute approximate surface area is 159 Å². The standard InChI is InChI=1S/C24H27F3/c25-21-12-9-17(15-23(21)27)20-11-10-19(16-22(20)26)24(13-5-2-6-14-24)18-7-3-1-4-8-18/h9-12,15-16,18H,1-8,13-14H2. The zero-order valence-corrected chi connectivity index (χ0v) is 15.7. The second-order valence-corrected chi connectivity index (χ2v) is 8.38. The molecule has 0 N–H and O–H groups in total. The highest BCUT2D eigenvalue weighted by Crippen LogP contribution is 2.50. The molecule has 0 saturated heterocycles. The Bertz CT molecular complexity index is 799. The summed E-state index contributed by atoms with van der Waals surface area (Å²) in [6, 6.07) is 9.05. The van der Waals surface area contributed by atoms with Crippen molar-refractivity contribution in [2.45, 2.75) is 69.6 Å². The largest absolute Gasteiger partial charge is 0.206 e. The van der Waals surface area contributed by atoms with Crippen LogP contribution in [0.2, 0.25) is 0 Å². The van der Waals surface area contributed by atoms with Crippen LogP contribution in [0.25, 0.3) is 11.1 Å². The molecular formula is C24H27F3. The molecule has 4 rings (SSSR count). The van der Waals surface area contributed by atoms with E-state index in [1.54, 1.807) is 12.1 Å². The number of halogens is 3. The van der Waals surface area contributed by atoms with Crippen LogP contribution < -0.4 is 0 Å². The van der Waals surface area contributed by atoms with Crippen LogP contribution in [0.5, 0.6) is 0 Å². The maximum atomic E-state index is 15.0. The van der Waals surface area contributed by atoms with E-state index < -0.39 is 11.6 Å². The Morgan fingerprint density at radius 2 is 1.37 bits per heavy atom. The van der Waals surface area contributed by atoms with E-state index in [4.69, 9.17) is 0 Å². The van der Waals surface area contributed by atoms with Crippen LogP contribution in [0.3, 0.4) is 0 Å². The van der Waals surface area contributed by atoms with Gasteiger partial charge in [-0.2, -0.15) is 0 Å². The van der Waals surface area contributed by atoms with Crippen LogP contribution in [0.15, 0.2) is 36.4 Å². The van der Waals surface area contributed by atoms with Gasteiger partial charge in [-0.15, -0.1) is 0 Å². The van der Waals surface area contributed by atoms with E-state index in [2.05, 4.69) is 0 Å². The van der Waals surface area contributed by atoms with E-state index in [1.807, 2.05) is 6.07 Å². The van der Waals surface area contributed by atoms with E-state index in [0.717, 1.165) is 30.5 Å². The number of hydrogen-bond donors (Lipinski definition) is 0. The van der Waals surface area contributed by atoms with Crippen LogP contribution in [-0.2, 0) is 5.41 Å². The second-order valence-electron chi connectivity index (χ2n) is 8.38. The van der Waals surface area contributed by atoms with Crippen molar-refractivity contribution < 1.29 is 13.2 Å². The van der Waals surface area contributed by atoms with Crippen LogP contribution in [0.4, 0.5) is 13.2 Å².